The molecule has 1 aromatic heterocycles. The Labute approximate surface area is 128 Å². The number of halogens is 1. The summed E-state index contributed by atoms with van der Waals surface area (Å²) in [6.07, 6.45) is 2.44. The average Bonchev–Trinajstić information content (AvgIpc) is 2.71. The zero-order chi connectivity index (χ0) is 14.5. The third kappa shape index (κ3) is 6.06. The maximum Gasteiger partial charge on any atom is 0.222 e. The van der Waals surface area contributed by atoms with Crippen molar-refractivity contribution in [1.29, 1.82) is 0 Å². The van der Waals surface area contributed by atoms with Gasteiger partial charge in [-0.15, -0.1) is 11.3 Å². The van der Waals surface area contributed by atoms with Crippen LogP contribution in [-0.4, -0.2) is 24.4 Å². The topological polar surface area (TPSA) is 46.3 Å². The minimum atomic E-state index is 0.150. The number of rotatable bonds is 7. The predicted octanol–water partition coefficient (Wildman–Crippen LogP) is 3.62. The molecule has 0 aliphatic heterocycles. The summed E-state index contributed by atoms with van der Waals surface area (Å²) in [5, 5.41) is 2.04. The minimum Gasteiger partial charge on any atom is -0.341 e. The van der Waals surface area contributed by atoms with E-state index in [0.29, 0.717) is 19.5 Å². The van der Waals surface area contributed by atoms with Gasteiger partial charge in [0, 0.05) is 28.2 Å². The predicted molar refractivity (Wildman–Crippen MR) is 85.2 cm³/mol. The van der Waals surface area contributed by atoms with Crippen LogP contribution in [-0.2, 0) is 11.3 Å². The lowest BCUT2D eigenvalue weighted by molar-refractivity contribution is -0.131. The van der Waals surface area contributed by atoms with Crippen molar-refractivity contribution in [2.24, 2.45) is 11.1 Å². The quantitative estimate of drug-likeness (QED) is 0.819. The summed E-state index contributed by atoms with van der Waals surface area (Å²) >= 11 is 5.10. The molecule has 1 heterocycles. The van der Waals surface area contributed by atoms with Crippen molar-refractivity contribution in [1.82, 2.24) is 4.90 Å². The fourth-order valence-corrected chi connectivity index (χ4v) is 3.41. The van der Waals surface area contributed by atoms with Crippen molar-refractivity contribution < 1.29 is 4.79 Å². The molecule has 0 atom stereocenters. The normalized spacial score (nSPS) is 11.6. The van der Waals surface area contributed by atoms with Crippen LogP contribution in [0.2, 0.25) is 0 Å². The van der Waals surface area contributed by atoms with Crippen LogP contribution >= 0.6 is 27.3 Å². The molecule has 0 aromatic carbocycles. The van der Waals surface area contributed by atoms with Gasteiger partial charge < -0.3 is 10.6 Å². The first-order chi connectivity index (χ1) is 8.84. The highest BCUT2D eigenvalue weighted by Crippen LogP contribution is 2.26. The molecule has 1 amide bonds. The van der Waals surface area contributed by atoms with E-state index in [4.69, 9.17) is 5.73 Å². The van der Waals surface area contributed by atoms with Crippen molar-refractivity contribution in [3.8, 4) is 0 Å². The Kier molecular flexibility index (Phi) is 6.50. The fraction of sp³-hybridized carbons (Fsp3) is 0.643. The zero-order valence-electron chi connectivity index (χ0n) is 11.9. The second-order valence-corrected chi connectivity index (χ2v) is 7.60. The lowest BCUT2D eigenvalue weighted by Gasteiger charge is -2.25. The van der Waals surface area contributed by atoms with Crippen LogP contribution in [0.4, 0.5) is 0 Å². The molecule has 108 valence electrons. The van der Waals surface area contributed by atoms with E-state index in [1.165, 1.54) is 4.88 Å². The Hall–Kier alpha value is -0.390. The molecule has 0 unspecified atom stereocenters. The minimum absolute atomic E-state index is 0.150. The van der Waals surface area contributed by atoms with Gasteiger partial charge in [-0.05, 0) is 46.8 Å². The van der Waals surface area contributed by atoms with Gasteiger partial charge in [-0.25, -0.2) is 0 Å². The monoisotopic (exact) mass is 346 g/mol. The van der Waals surface area contributed by atoms with Gasteiger partial charge in [0.05, 0.1) is 6.54 Å². The number of thiophene rings is 1. The molecule has 3 nitrogen and oxygen atoms in total. The van der Waals surface area contributed by atoms with E-state index in [1.807, 2.05) is 12.4 Å². The number of carbonyl (C=O) groups is 1. The highest BCUT2D eigenvalue weighted by Gasteiger charge is 2.19. The molecule has 1 rings (SSSR count). The molecule has 0 radical (unpaired) electrons. The van der Waals surface area contributed by atoms with E-state index < -0.39 is 0 Å². The van der Waals surface area contributed by atoms with Crippen LogP contribution in [0.15, 0.2) is 15.9 Å². The smallest absolute Gasteiger partial charge is 0.222 e. The van der Waals surface area contributed by atoms with Crippen LogP contribution in [0.25, 0.3) is 0 Å². The van der Waals surface area contributed by atoms with Crippen LogP contribution in [0.1, 0.15) is 38.0 Å². The summed E-state index contributed by atoms with van der Waals surface area (Å²) < 4.78 is 1.08. The van der Waals surface area contributed by atoms with Gasteiger partial charge in [0.2, 0.25) is 5.91 Å². The Bertz CT molecular complexity index is 417. The Balaban J connectivity index is 2.40. The lowest BCUT2D eigenvalue weighted by Crippen LogP contribution is -2.27. The Morgan fingerprint density at radius 2 is 2.16 bits per heavy atom. The molecule has 1 aromatic rings. The molecule has 0 saturated carbocycles. The first-order valence-electron chi connectivity index (χ1n) is 6.51. The van der Waals surface area contributed by atoms with Crippen molar-refractivity contribution in [3.63, 3.8) is 0 Å². The molecule has 0 spiro atoms. The van der Waals surface area contributed by atoms with Gasteiger partial charge >= 0.3 is 0 Å². The molecule has 0 aliphatic carbocycles. The third-order valence-electron chi connectivity index (χ3n) is 3.28. The van der Waals surface area contributed by atoms with Crippen molar-refractivity contribution in [3.05, 3.63) is 20.8 Å². The highest BCUT2D eigenvalue weighted by atomic mass is 79.9. The lowest BCUT2D eigenvalue weighted by atomic mass is 9.84. The highest BCUT2D eigenvalue weighted by molar-refractivity contribution is 9.10. The van der Waals surface area contributed by atoms with Gasteiger partial charge in [0.15, 0.2) is 0 Å². The van der Waals surface area contributed by atoms with Crippen LogP contribution in [0.5, 0.6) is 0 Å². The number of hydrogen-bond donors (Lipinski definition) is 1. The fourth-order valence-electron chi connectivity index (χ4n) is 1.91. The van der Waals surface area contributed by atoms with Gasteiger partial charge in [0.25, 0.3) is 0 Å². The van der Waals surface area contributed by atoms with Crippen LogP contribution in [0, 0.1) is 5.41 Å². The van der Waals surface area contributed by atoms with E-state index in [-0.39, 0.29) is 11.3 Å². The summed E-state index contributed by atoms with van der Waals surface area (Å²) in [6.45, 7) is 5.71. The summed E-state index contributed by atoms with van der Waals surface area (Å²) in [7, 11) is 1.87. The molecule has 0 aliphatic rings. The van der Waals surface area contributed by atoms with Gasteiger partial charge in [0.1, 0.15) is 0 Å². The molecule has 0 saturated heterocycles. The molecule has 5 heteroatoms. The maximum atomic E-state index is 12.1. The second-order valence-electron chi connectivity index (χ2n) is 5.68. The first kappa shape index (κ1) is 16.7. The number of nitrogens with zero attached hydrogens (tertiary/aromatic N) is 1. The Morgan fingerprint density at radius 1 is 1.47 bits per heavy atom. The summed E-state index contributed by atoms with van der Waals surface area (Å²) in [5.41, 5.74) is 5.74. The van der Waals surface area contributed by atoms with Crippen LogP contribution in [0.3, 0.4) is 0 Å². The second kappa shape index (κ2) is 7.41. The van der Waals surface area contributed by atoms with Crippen molar-refractivity contribution in [2.45, 2.75) is 39.7 Å². The average molecular weight is 347 g/mol. The van der Waals surface area contributed by atoms with E-state index in [1.54, 1.807) is 16.2 Å². The number of hydrogen-bond acceptors (Lipinski definition) is 3. The van der Waals surface area contributed by atoms with E-state index in [9.17, 15) is 4.79 Å². The molecular formula is C14H23BrN2OS. The van der Waals surface area contributed by atoms with E-state index >= 15 is 0 Å². The largest absolute Gasteiger partial charge is 0.341 e. The number of nitrogens with two attached hydrogens (primary N) is 1. The molecule has 2 N–H and O–H groups in total. The Morgan fingerprint density at radius 3 is 2.68 bits per heavy atom. The number of carbonyl (C=O) groups excluding carboxylic acids is 1. The molecule has 19 heavy (non-hydrogen) atoms. The van der Waals surface area contributed by atoms with Gasteiger partial charge in [-0.2, -0.15) is 0 Å². The van der Waals surface area contributed by atoms with E-state index in [2.05, 4.69) is 35.8 Å². The molecule has 0 fully saturated rings. The first-order valence-corrected chi connectivity index (χ1v) is 8.18. The van der Waals surface area contributed by atoms with Gasteiger partial charge in [-0.1, -0.05) is 13.8 Å². The molecule has 0 bridgehead atoms. The number of amides is 1. The summed E-state index contributed by atoms with van der Waals surface area (Å²) in [4.78, 5) is 15.1. The summed E-state index contributed by atoms with van der Waals surface area (Å²) in [5.74, 6) is 0.203. The maximum absolute atomic E-state index is 12.1. The zero-order valence-corrected chi connectivity index (χ0v) is 14.3. The van der Waals surface area contributed by atoms with Crippen LogP contribution < -0.4 is 5.73 Å². The molecular weight excluding hydrogens is 324 g/mol. The van der Waals surface area contributed by atoms with Crippen molar-refractivity contribution >= 4 is 33.2 Å². The standard InChI is InChI=1S/C14H23BrN2OS/c1-14(2,6-7-16)5-4-13(18)17(3)9-12-8-11(15)10-19-12/h8,10H,4-7,9,16H2,1-3H3. The SMILES string of the molecule is CN(Cc1cc(Br)cs1)C(=O)CCC(C)(C)CCN. The van der Waals surface area contributed by atoms with Gasteiger partial charge in [-0.3, -0.25) is 4.79 Å². The van der Waals surface area contributed by atoms with Crippen molar-refractivity contribution in [2.75, 3.05) is 13.6 Å². The summed E-state index contributed by atoms with van der Waals surface area (Å²) in [6, 6.07) is 2.06. The third-order valence-corrected chi connectivity index (χ3v) is 4.96. The van der Waals surface area contributed by atoms with E-state index in [0.717, 1.165) is 17.3 Å².